The van der Waals surface area contributed by atoms with Crippen LogP contribution in [0.1, 0.15) is 63.9 Å². The molecule has 1 nitrogen and oxygen atoms in total. The molecule has 2 heteroatoms. The van der Waals surface area contributed by atoms with Gasteiger partial charge < -0.3 is 0 Å². The van der Waals surface area contributed by atoms with Crippen LogP contribution in [0.3, 0.4) is 0 Å². The predicted octanol–water partition coefficient (Wildman–Crippen LogP) is 5.42. The fraction of sp³-hybridized carbons (Fsp3) is 0.667. The van der Waals surface area contributed by atoms with Gasteiger partial charge in [-0.3, -0.25) is 4.98 Å². The zero-order chi connectivity index (χ0) is 12.3. The highest BCUT2D eigenvalue weighted by Crippen LogP contribution is 2.13. The van der Waals surface area contributed by atoms with Crippen LogP contribution < -0.4 is 0 Å². The monoisotopic (exact) mass is 253 g/mol. The van der Waals surface area contributed by atoms with Crippen LogP contribution in [-0.2, 0) is 6.42 Å². The molecule has 0 amide bonds. The molecule has 17 heavy (non-hydrogen) atoms. The molecule has 0 spiro atoms. The summed E-state index contributed by atoms with van der Waals surface area (Å²) >= 11 is 5.89. The summed E-state index contributed by atoms with van der Waals surface area (Å²) < 4.78 is 0. The molecule has 0 N–H and O–H groups in total. The molecule has 1 aromatic heterocycles. The lowest BCUT2D eigenvalue weighted by molar-refractivity contribution is 0.575. The van der Waals surface area contributed by atoms with Gasteiger partial charge in [0.15, 0.2) is 0 Å². The third-order valence-electron chi connectivity index (χ3n) is 3.08. The average Bonchev–Trinajstić information content (AvgIpc) is 2.33. The topological polar surface area (TPSA) is 12.9 Å². The third kappa shape index (κ3) is 7.38. The van der Waals surface area contributed by atoms with Crippen molar-refractivity contribution < 1.29 is 0 Å². The first kappa shape index (κ1) is 14.5. The fourth-order valence-corrected chi connectivity index (χ4v) is 2.25. The predicted molar refractivity (Wildman–Crippen MR) is 75.6 cm³/mol. The van der Waals surface area contributed by atoms with E-state index in [1.807, 2.05) is 12.3 Å². The van der Waals surface area contributed by atoms with Crippen molar-refractivity contribution in [3.05, 3.63) is 29.0 Å². The molecule has 0 saturated carbocycles. The number of aromatic nitrogens is 1. The summed E-state index contributed by atoms with van der Waals surface area (Å²) in [5, 5.41) is 0.752. The lowest BCUT2D eigenvalue weighted by Gasteiger charge is -2.02. The summed E-state index contributed by atoms with van der Waals surface area (Å²) in [6.07, 6.45) is 15.6. The van der Waals surface area contributed by atoms with Gasteiger partial charge in [0.25, 0.3) is 0 Å². The second-order valence-electron chi connectivity index (χ2n) is 4.74. The van der Waals surface area contributed by atoms with Gasteiger partial charge in [-0.2, -0.15) is 0 Å². The molecule has 0 aromatic carbocycles. The molecule has 1 aromatic rings. The zero-order valence-electron chi connectivity index (χ0n) is 10.9. The standard InChI is InChI=1S/C15H24ClN/c1-2-3-4-5-6-7-8-9-10-14-11-15(16)13-17-12-14/h11-13H,2-10H2,1H3. The SMILES string of the molecule is CCCCCCCCCCc1cncc(Cl)c1. The van der Waals surface area contributed by atoms with Crippen LogP contribution in [0.4, 0.5) is 0 Å². The molecule has 0 aliphatic heterocycles. The van der Waals surface area contributed by atoms with Crippen molar-refractivity contribution in [2.45, 2.75) is 64.7 Å². The Bertz CT molecular complexity index is 299. The summed E-state index contributed by atoms with van der Waals surface area (Å²) in [6.45, 7) is 2.26. The van der Waals surface area contributed by atoms with E-state index in [4.69, 9.17) is 11.6 Å². The zero-order valence-corrected chi connectivity index (χ0v) is 11.7. The van der Waals surface area contributed by atoms with Gasteiger partial charge >= 0.3 is 0 Å². The second-order valence-corrected chi connectivity index (χ2v) is 5.17. The Balaban J connectivity index is 1.97. The van der Waals surface area contributed by atoms with Crippen LogP contribution in [0.5, 0.6) is 0 Å². The van der Waals surface area contributed by atoms with E-state index in [1.54, 1.807) is 6.20 Å². The highest BCUT2D eigenvalue weighted by molar-refractivity contribution is 6.30. The van der Waals surface area contributed by atoms with Crippen molar-refractivity contribution >= 4 is 11.6 Å². The lowest BCUT2D eigenvalue weighted by Crippen LogP contribution is -1.87. The fourth-order valence-electron chi connectivity index (χ4n) is 2.06. The van der Waals surface area contributed by atoms with Crippen LogP contribution in [0.25, 0.3) is 0 Å². The number of halogens is 1. The largest absolute Gasteiger partial charge is 0.263 e. The van der Waals surface area contributed by atoms with Crippen LogP contribution in [0.2, 0.25) is 5.02 Å². The van der Waals surface area contributed by atoms with Crippen molar-refractivity contribution in [2.75, 3.05) is 0 Å². The number of unbranched alkanes of at least 4 members (excludes halogenated alkanes) is 7. The minimum atomic E-state index is 0.752. The molecule has 0 radical (unpaired) electrons. The van der Waals surface area contributed by atoms with Gasteiger partial charge in [-0.15, -0.1) is 0 Å². The minimum absolute atomic E-state index is 0.752. The van der Waals surface area contributed by atoms with Crippen molar-refractivity contribution in [1.29, 1.82) is 0 Å². The van der Waals surface area contributed by atoms with E-state index >= 15 is 0 Å². The van der Waals surface area contributed by atoms with Gasteiger partial charge in [0, 0.05) is 12.4 Å². The van der Waals surface area contributed by atoms with E-state index in [1.165, 1.54) is 56.9 Å². The van der Waals surface area contributed by atoms with Crippen LogP contribution in [-0.4, -0.2) is 4.98 Å². The van der Waals surface area contributed by atoms with Crippen molar-refractivity contribution in [3.63, 3.8) is 0 Å². The number of nitrogens with zero attached hydrogens (tertiary/aromatic N) is 1. The molecule has 96 valence electrons. The van der Waals surface area contributed by atoms with E-state index in [0.717, 1.165) is 11.4 Å². The number of hydrogen-bond donors (Lipinski definition) is 0. The summed E-state index contributed by atoms with van der Waals surface area (Å²) in [6, 6.07) is 2.02. The molecular formula is C15H24ClN. The summed E-state index contributed by atoms with van der Waals surface area (Å²) in [5.74, 6) is 0. The molecule has 0 aliphatic rings. The van der Waals surface area contributed by atoms with Crippen molar-refractivity contribution in [2.24, 2.45) is 0 Å². The molecule has 0 atom stereocenters. The van der Waals surface area contributed by atoms with Crippen LogP contribution in [0, 0.1) is 0 Å². The Morgan fingerprint density at radius 1 is 0.941 bits per heavy atom. The molecule has 1 heterocycles. The highest BCUT2D eigenvalue weighted by atomic mass is 35.5. The molecule has 0 aliphatic carbocycles. The summed E-state index contributed by atoms with van der Waals surface area (Å²) in [5.41, 5.74) is 1.27. The van der Waals surface area contributed by atoms with Crippen LogP contribution >= 0.6 is 11.6 Å². The Hall–Kier alpha value is -0.560. The Labute approximate surface area is 111 Å². The summed E-state index contributed by atoms with van der Waals surface area (Å²) in [7, 11) is 0. The maximum Gasteiger partial charge on any atom is 0.0592 e. The van der Waals surface area contributed by atoms with Crippen molar-refractivity contribution in [3.8, 4) is 0 Å². The van der Waals surface area contributed by atoms with E-state index in [0.29, 0.717) is 0 Å². The average molecular weight is 254 g/mol. The molecular weight excluding hydrogens is 230 g/mol. The summed E-state index contributed by atoms with van der Waals surface area (Å²) in [4.78, 5) is 4.10. The molecule has 0 saturated heterocycles. The maximum atomic E-state index is 5.89. The number of aryl methyl sites for hydroxylation is 1. The highest BCUT2D eigenvalue weighted by Gasteiger charge is 1.96. The number of pyridine rings is 1. The number of rotatable bonds is 9. The normalized spacial score (nSPS) is 10.7. The van der Waals surface area contributed by atoms with E-state index in [-0.39, 0.29) is 0 Å². The van der Waals surface area contributed by atoms with Crippen molar-refractivity contribution in [1.82, 2.24) is 4.98 Å². The smallest absolute Gasteiger partial charge is 0.0592 e. The molecule has 0 fully saturated rings. The van der Waals surface area contributed by atoms with Gasteiger partial charge in [-0.05, 0) is 24.5 Å². The Morgan fingerprint density at radius 3 is 2.24 bits per heavy atom. The Morgan fingerprint density at radius 2 is 1.59 bits per heavy atom. The molecule has 0 unspecified atom stereocenters. The van der Waals surface area contributed by atoms with E-state index in [9.17, 15) is 0 Å². The quantitative estimate of drug-likeness (QED) is 0.536. The minimum Gasteiger partial charge on any atom is -0.263 e. The number of hydrogen-bond acceptors (Lipinski definition) is 1. The first-order valence-electron chi connectivity index (χ1n) is 6.92. The second kappa shape index (κ2) is 9.47. The van der Waals surface area contributed by atoms with Gasteiger partial charge in [0.2, 0.25) is 0 Å². The molecule has 0 bridgehead atoms. The van der Waals surface area contributed by atoms with E-state index < -0.39 is 0 Å². The van der Waals surface area contributed by atoms with E-state index in [2.05, 4.69) is 11.9 Å². The Kier molecular flexibility index (Phi) is 8.08. The third-order valence-corrected chi connectivity index (χ3v) is 3.29. The van der Waals surface area contributed by atoms with Crippen LogP contribution in [0.15, 0.2) is 18.5 Å². The van der Waals surface area contributed by atoms with Gasteiger partial charge in [-0.25, -0.2) is 0 Å². The first-order chi connectivity index (χ1) is 8.33. The van der Waals surface area contributed by atoms with Gasteiger partial charge in [0.05, 0.1) is 5.02 Å². The first-order valence-corrected chi connectivity index (χ1v) is 7.30. The molecule has 1 rings (SSSR count). The maximum absolute atomic E-state index is 5.89. The van der Waals surface area contributed by atoms with Gasteiger partial charge in [0.1, 0.15) is 0 Å². The lowest BCUT2D eigenvalue weighted by atomic mass is 10.1. The van der Waals surface area contributed by atoms with Gasteiger partial charge in [-0.1, -0.05) is 63.5 Å².